The maximum atomic E-state index is 5.95. The quantitative estimate of drug-likeness (QED) is 0.759. The molecule has 0 unspecified atom stereocenters. The Labute approximate surface area is 118 Å². The Morgan fingerprint density at radius 2 is 1.95 bits per heavy atom. The van der Waals surface area contributed by atoms with Gasteiger partial charge in [-0.25, -0.2) is 0 Å². The largest absolute Gasteiger partial charge is 0.377 e. The van der Waals surface area contributed by atoms with Gasteiger partial charge in [-0.05, 0) is 37.5 Å². The zero-order valence-corrected chi connectivity index (χ0v) is 12.7. The lowest BCUT2D eigenvalue weighted by molar-refractivity contribution is 0.0541. The summed E-state index contributed by atoms with van der Waals surface area (Å²) in [5, 5.41) is 0. The monoisotopic (exact) mass is 266 g/mol. The van der Waals surface area contributed by atoms with Crippen molar-refractivity contribution in [1.82, 2.24) is 9.80 Å². The van der Waals surface area contributed by atoms with Crippen molar-refractivity contribution in [3.8, 4) is 0 Å². The molecular formula is C16H30N2O. The molecule has 2 heterocycles. The summed E-state index contributed by atoms with van der Waals surface area (Å²) in [4.78, 5) is 5.39. The van der Waals surface area contributed by atoms with Crippen molar-refractivity contribution < 1.29 is 4.74 Å². The third-order valence-electron chi connectivity index (χ3n) is 5.21. The molecule has 0 bridgehead atoms. The molecule has 3 aliphatic rings. The molecule has 2 saturated heterocycles. The third-order valence-corrected chi connectivity index (χ3v) is 5.21. The molecule has 0 radical (unpaired) electrons. The first-order valence-electron chi connectivity index (χ1n) is 8.32. The topological polar surface area (TPSA) is 15.7 Å². The highest BCUT2D eigenvalue weighted by Gasteiger charge is 2.37. The number of nitrogens with zero attached hydrogens (tertiary/aromatic N) is 2. The van der Waals surface area contributed by atoms with Crippen LogP contribution in [0.4, 0.5) is 0 Å². The first-order valence-corrected chi connectivity index (χ1v) is 8.32. The minimum atomic E-state index is 0.508. The smallest absolute Gasteiger partial charge is 0.0717 e. The van der Waals surface area contributed by atoms with Gasteiger partial charge >= 0.3 is 0 Å². The lowest BCUT2D eigenvalue weighted by atomic mass is 9.76. The van der Waals surface area contributed by atoms with Crippen LogP contribution in [0.5, 0.6) is 0 Å². The molecule has 0 aromatic carbocycles. The second kappa shape index (κ2) is 6.11. The second-order valence-electron chi connectivity index (χ2n) is 7.08. The van der Waals surface area contributed by atoms with Crippen LogP contribution in [0.25, 0.3) is 0 Å². The Hall–Kier alpha value is -0.120. The summed E-state index contributed by atoms with van der Waals surface area (Å²) < 4.78 is 5.95. The molecule has 19 heavy (non-hydrogen) atoms. The summed E-state index contributed by atoms with van der Waals surface area (Å²) in [6, 6.07) is 0.771. The molecule has 0 spiro atoms. The molecular weight excluding hydrogens is 236 g/mol. The molecule has 2 atom stereocenters. The van der Waals surface area contributed by atoms with E-state index in [1.54, 1.807) is 0 Å². The molecule has 0 aromatic heterocycles. The van der Waals surface area contributed by atoms with Crippen LogP contribution >= 0.6 is 0 Å². The van der Waals surface area contributed by atoms with Crippen LogP contribution in [0.3, 0.4) is 0 Å². The van der Waals surface area contributed by atoms with Crippen molar-refractivity contribution in [2.75, 3.05) is 39.3 Å². The molecule has 0 N–H and O–H groups in total. The fraction of sp³-hybridized carbons (Fsp3) is 1.00. The first-order chi connectivity index (χ1) is 9.24. The maximum Gasteiger partial charge on any atom is 0.0717 e. The minimum absolute atomic E-state index is 0.508. The highest BCUT2D eigenvalue weighted by Crippen LogP contribution is 2.34. The predicted octanol–water partition coefficient (Wildman–Crippen LogP) is 2.22. The maximum absolute atomic E-state index is 5.95. The van der Waals surface area contributed by atoms with Gasteiger partial charge in [0.15, 0.2) is 0 Å². The van der Waals surface area contributed by atoms with Gasteiger partial charge < -0.3 is 9.64 Å². The van der Waals surface area contributed by atoms with E-state index in [2.05, 4.69) is 23.6 Å². The molecule has 3 rings (SSSR count). The van der Waals surface area contributed by atoms with E-state index in [4.69, 9.17) is 4.74 Å². The summed E-state index contributed by atoms with van der Waals surface area (Å²) in [7, 11) is 0. The lowest BCUT2D eigenvalue weighted by Gasteiger charge is -2.42. The van der Waals surface area contributed by atoms with Gasteiger partial charge in [0, 0.05) is 45.4 Å². The van der Waals surface area contributed by atoms with E-state index in [0.29, 0.717) is 6.10 Å². The summed E-state index contributed by atoms with van der Waals surface area (Å²) in [5.41, 5.74) is 0. The molecule has 3 heteroatoms. The van der Waals surface area contributed by atoms with Crippen molar-refractivity contribution in [3.05, 3.63) is 0 Å². The number of fused-ring (bicyclic) bond motifs is 1. The van der Waals surface area contributed by atoms with Crippen molar-refractivity contribution in [2.24, 2.45) is 11.8 Å². The Morgan fingerprint density at radius 3 is 2.68 bits per heavy atom. The zero-order valence-electron chi connectivity index (χ0n) is 12.7. The molecule has 1 aliphatic carbocycles. The van der Waals surface area contributed by atoms with E-state index in [9.17, 15) is 0 Å². The fourth-order valence-electron chi connectivity index (χ4n) is 4.22. The van der Waals surface area contributed by atoms with Gasteiger partial charge in [0.05, 0.1) is 6.10 Å². The summed E-state index contributed by atoms with van der Waals surface area (Å²) in [6.07, 6.45) is 5.85. The molecule has 0 aromatic rings. The van der Waals surface area contributed by atoms with Crippen molar-refractivity contribution in [3.63, 3.8) is 0 Å². The van der Waals surface area contributed by atoms with Crippen molar-refractivity contribution in [2.45, 2.75) is 51.7 Å². The number of ether oxygens (including phenoxy) is 1. The number of piperazine rings is 1. The van der Waals surface area contributed by atoms with Crippen LogP contribution in [0, 0.1) is 11.8 Å². The summed E-state index contributed by atoms with van der Waals surface area (Å²) in [5.74, 6) is 1.99. The normalized spacial score (nSPS) is 40.1. The lowest BCUT2D eigenvalue weighted by Crippen LogP contribution is -2.52. The average Bonchev–Trinajstić information content (AvgIpc) is 2.76. The molecule has 3 nitrogen and oxygen atoms in total. The zero-order chi connectivity index (χ0) is 13.2. The van der Waals surface area contributed by atoms with Gasteiger partial charge in [0.1, 0.15) is 0 Å². The number of hydrogen-bond donors (Lipinski definition) is 0. The van der Waals surface area contributed by atoms with E-state index in [1.807, 2.05) is 0 Å². The predicted molar refractivity (Wildman–Crippen MR) is 78.3 cm³/mol. The van der Waals surface area contributed by atoms with Crippen LogP contribution in [-0.4, -0.2) is 61.3 Å². The second-order valence-corrected chi connectivity index (χ2v) is 7.08. The van der Waals surface area contributed by atoms with Crippen LogP contribution in [0.1, 0.15) is 39.5 Å². The Kier molecular flexibility index (Phi) is 4.45. The number of hydrogen-bond acceptors (Lipinski definition) is 3. The average molecular weight is 266 g/mol. The van der Waals surface area contributed by atoms with Crippen molar-refractivity contribution >= 4 is 0 Å². The van der Waals surface area contributed by atoms with E-state index >= 15 is 0 Å². The van der Waals surface area contributed by atoms with Gasteiger partial charge in [0.25, 0.3) is 0 Å². The fourth-order valence-corrected chi connectivity index (χ4v) is 4.22. The van der Waals surface area contributed by atoms with Crippen LogP contribution < -0.4 is 0 Å². The van der Waals surface area contributed by atoms with Crippen LogP contribution in [0.15, 0.2) is 0 Å². The third kappa shape index (κ3) is 3.32. The van der Waals surface area contributed by atoms with Gasteiger partial charge in [-0.2, -0.15) is 0 Å². The highest BCUT2D eigenvalue weighted by molar-refractivity contribution is 4.93. The summed E-state index contributed by atoms with van der Waals surface area (Å²) in [6.45, 7) is 11.9. The van der Waals surface area contributed by atoms with E-state index in [0.717, 1.165) is 30.9 Å². The molecule has 1 saturated carbocycles. The van der Waals surface area contributed by atoms with Crippen molar-refractivity contribution in [1.29, 1.82) is 0 Å². The summed E-state index contributed by atoms with van der Waals surface area (Å²) >= 11 is 0. The minimum Gasteiger partial charge on any atom is -0.377 e. The molecule has 2 aliphatic heterocycles. The van der Waals surface area contributed by atoms with Crippen LogP contribution in [0.2, 0.25) is 0 Å². The molecule has 3 fully saturated rings. The first kappa shape index (κ1) is 13.8. The molecule has 110 valence electrons. The van der Waals surface area contributed by atoms with E-state index in [1.165, 1.54) is 52.0 Å². The SMILES string of the molecule is CCCO[C@@H]1C[C@H]2CN(C[C@H]3C[C@H](C)C3)CCN2C1. The standard InChI is InChI=1S/C16H30N2O/c1-3-6-19-16-9-15-11-17(4-5-18(15)12-16)10-14-7-13(2)8-14/h13-16H,3-12H2,1-2H3/t13-,14-,15-,16+/m0/s1. The van der Waals surface area contributed by atoms with Crippen LogP contribution in [-0.2, 0) is 4.74 Å². The van der Waals surface area contributed by atoms with Gasteiger partial charge in [-0.15, -0.1) is 0 Å². The highest BCUT2D eigenvalue weighted by atomic mass is 16.5. The number of rotatable bonds is 5. The Balaban J connectivity index is 1.42. The molecule has 0 amide bonds. The van der Waals surface area contributed by atoms with E-state index < -0.39 is 0 Å². The Morgan fingerprint density at radius 1 is 1.11 bits per heavy atom. The van der Waals surface area contributed by atoms with Gasteiger partial charge in [-0.1, -0.05) is 13.8 Å². The Bertz CT molecular complexity index is 290. The van der Waals surface area contributed by atoms with Gasteiger partial charge in [-0.3, -0.25) is 4.90 Å². The van der Waals surface area contributed by atoms with E-state index in [-0.39, 0.29) is 0 Å². The van der Waals surface area contributed by atoms with Gasteiger partial charge in [0.2, 0.25) is 0 Å².